The van der Waals surface area contributed by atoms with Gasteiger partial charge in [-0.15, -0.1) is 5.10 Å². The van der Waals surface area contributed by atoms with E-state index in [9.17, 15) is 4.79 Å². The highest BCUT2D eigenvalue weighted by molar-refractivity contribution is 6.04. The SMILES string of the molecule is CN(C(=O)c1cn(C2CNC2)nn1)c1cccc(C#N)c1. The molecule has 2 aromatic rings. The number of nitrogens with one attached hydrogen (secondary N) is 1. The maximum atomic E-state index is 12.4. The van der Waals surface area contributed by atoms with E-state index >= 15 is 0 Å². The van der Waals surface area contributed by atoms with E-state index in [-0.39, 0.29) is 11.9 Å². The van der Waals surface area contributed by atoms with Crippen LogP contribution in [-0.2, 0) is 0 Å². The predicted molar refractivity (Wildman–Crippen MR) is 75.8 cm³/mol. The third kappa shape index (κ3) is 2.49. The molecule has 0 aliphatic carbocycles. The van der Waals surface area contributed by atoms with E-state index < -0.39 is 0 Å². The number of rotatable bonds is 3. The van der Waals surface area contributed by atoms with Gasteiger partial charge in [-0.25, -0.2) is 4.68 Å². The largest absolute Gasteiger partial charge is 0.312 e. The molecular weight excluding hydrogens is 268 g/mol. The second kappa shape index (κ2) is 5.34. The Kier molecular flexibility index (Phi) is 3.38. The van der Waals surface area contributed by atoms with Crippen molar-refractivity contribution in [1.82, 2.24) is 20.3 Å². The highest BCUT2D eigenvalue weighted by Gasteiger charge is 2.23. The Morgan fingerprint density at radius 3 is 3.00 bits per heavy atom. The number of anilines is 1. The number of hydrogen-bond donors (Lipinski definition) is 1. The van der Waals surface area contributed by atoms with Crippen molar-refractivity contribution in [2.24, 2.45) is 0 Å². The Morgan fingerprint density at radius 2 is 2.33 bits per heavy atom. The first-order chi connectivity index (χ1) is 10.2. The van der Waals surface area contributed by atoms with Crippen LogP contribution in [0.2, 0.25) is 0 Å². The van der Waals surface area contributed by atoms with Gasteiger partial charge < -0.3 is 10.2 Å². The molecule has 0 saturated carbocycles. The second-order valence-corrected chi connectivity index (χ2v) is 4.92. The lowest BCUT2D eigenvalue weighted by molar-refractivity contribution is 0.0988. The fraction of sp³-hybridized carbons (Fsp3) is 0.286. The molecule has 1 aliphatic rings. The van der Waals surface area contributed by atoms with Crippen molar-refractivity contribution in [2.45, 2.75) is 6.04 Å². The van der Waals surface area contributed by atoms with E-state index in [1.165, 1.54) is 4.90 Å². The predicted octanol–water partition coefficient (Wildman–Crippen LogP) is 0.571. The van der Waals surface area contributed by atoms with Gasteiger partial charge in [0.25, 0.3) is 5.91 Å². The second-order valence-electron chi connectivity index (χ2n) is 4.92. The molecule has 1 aromatic carbocycles. The summed E-state index contributed by atoms with van der Waals surface area (Å²) >= 11 is 0. The Bertz CT molecular complexity index is 712. The first-order valence-corrected chi connectivity index (χ1v) is 6.60. The summed E-state index contributed by atoms with van der Waals surface area (Å²) in [7, 11) is 1.66. The Hall–Kier alpha value is -2.72. The Morgan fingerprint density at radius 1 is 1.52 bits per heavy atom. The molecule has 1 N–H and O–H groups in total. The van der Waals surface area contributed by atoms with Crippen molar-refractivity contribution in [3.63, 3.8) is 0 Å². The molecule has 0 atom stereocenters. The van der Waals surface area contributed by atoms with Crippen LogP contribution in [-0.4, -0.2) is 41.0 Å². The number of nitriles is 1. The number of amides is 1. The number of nitrogens with zero attached hydrogens (tertiary/aromatic N) is 5. The van der Waals surface area contributed by atoms with Crippen molar-refractivity contribution < 1.29 is 4.79 Å². The van der Waals surface area contributed by atoms with Crippen LogP contribution < -0.4 is 10.2 Å². The van der Waals surface area contributed by atoms with E-state index in [1.807, 2.05) is 0 Å². The standard InChI is InChI=1S/C14H14N6O/c1-19(11-4-2-3-10(5-11)6-15)14(21)13-9-20(18-17-13)12-7-16-8-12/h2-5,9,12,16H,7-8H2,1H3. The molecule has 106 valence electrons. The summed E-state index contributed by atoms with van der Waals surface area (Å²) in [6.07, 6.45) is 1.67. The van der Waals surface area contributed by atoms with Crippen LogP contribution in [0.4, 0.5) is 5.69 Å². The molecule has 7 nitrogen and oxygen atoms in total. The third-order valence-electron chi connectivity index (χ3n) is 3.53. The fourth-order valence-electron chi connectivity index (χ4n) is 2.09. The summed E-state index contributed by atoms with van der Waals surface area (Å²) in [4.78, 5) is 13.9. The van der Waals surface area contributed by atoms with Gasteiger partial charge in [-0.2, -0.15) is 5.26 Å². The van der Waals surface area contributed by atoms with Gasteiger partial charge >= 0.3 is 0 Å². The van der Waals surface area contributed by atoms with Gasteiger partial charge in [0.05, 0.1) is 23.9 Å². The van der Waals surface area contributed by atoms with Gasteiger partial charge in [0.2, 0.25) is 0 Å². The lowest BCUT2D eigenvalue weighted by atomic mass is 10.2. The van der Waals surface area contributed by atoms with Crippen LogP contribution in [0.25, 0.3) is 0 Å². The first-order valence-electron chi connectivity index (χ1n) is 6.60. The zero-order chi connectivity index (χ0) is 14.8. The lowest BCUT2D eigenvalue weighted by Gasteiger charge is -2.26. The van der Waals surface area contributed by atoms with Gasteiger partial charge in [-0.05, 0) is 18.2 Å². The van der Waals surface area contributed by atoms with Crippen molar-refractivity contribution in [3.05, 3.63) is 41.7 Å². The Balaban J connectivity index is 1.80. The molecule has 0 spiro atoms. The van der Waals surface area contributed by atoms with Crippen LogP contribution in [0, 0.1) is 11.3 Å². The van der Waals surface area contributed by atoms with E-state index in [4.69, 9.17) is 5.26 Å². The molecule has 21 heavy (non-hydrogen) atoms. The molecule has 1 saturated heterocycles. The molecule has 1 amide bonds. The van der Waals surface area contributed by atoms with E-state index in [2.05, 4.69) is 21.7 Å². The molecule has 0 unspecified atom stereocenters. The zero-order valence-corrected chi connectivity index (χ0v) is 11.5. The molecule has 7 heteroatoms. The normalized spacial score (nSPS) is 14.3. The summed E-state index contributed by atoms with van der Waals surface area (Å²) in [5.74, 6) is -0.247. The van der Waals surface area contributed by atoms with Gasteiger partial charge in [-0.3, -0.25) is 4.79 Å². The zero-order valence-electron chi connectivity index (χ0n) is 11.5. The topological polar surface area (TPSA) is 86.8 Å². The monoisotopic (exact) mass is 282 g/mol. The van der Waals surface area contributed by atoms with E-state index in [0.29, 0.717) is 16.9 Å². The quantitative estimate of drug-likeness (QED) is 0.889. The fourth-order valence-corrected chi connectivity index (χ4v) is 2.09. The molecule has 1 aromatic heterocycles. The summed E-state index contributed by atoms with van der Waals surface area (Å²) in [5.41, 5.74) is 1.46. The van der Waals surface area contributed by atoms with Crippen LogP contribution >= 0.6 is 0 Å². The van der Waals surface area contributed by atoms with Gasteiger partial charge in [0, 0.05) is 25.8 Å². The minimum atomic E-state index is -0.247. The van der Waals surface area contributed by atoms with Gasteiger partial charge in [0.1, 0.15) is 0 Å². The highest BCUT2D eigenvalue weighted by Crippen LogP contribution is 2.17. The van der Waals surface area contributed by atoms with Gasteiger partial charge in [0.15, 0.2) is 5.69 Å². The number of carbonyl (C=O) groups excluding carboxylic acids is 1. The maximum Gasteiger partial charge on any atom is 0.280 e. The minimum absolute atomic E-state index is 0.247. The first kappa shape index (κ1) is 13.3. The van der Waals surface area contributed by atoms with E-state index in [0.717, 1.165) is 13.1 Å². The van der Waals surface area contributed by atoms with Crippen LogP contribution in [0.15, 0.2) is 30.5 Å². The average Bonchev–Trinajstić information content (AvgIpc) is 2.93. The van der Waals surface area contributed by atoms with Crippen molar-refractivity contribution >= 4 is 11.6 Å². The van der Waals surface area contributed by atoms with Crippen molar-refractivity contribution in [2.75, 3.05) is 25.0 Å². The van der Waals surface area contributed by atoms with Crippen LogP contribution in [0.5, 0.6) is 0 Å². The molecule has 3 rings (SSSR count). The summed E-state index contributed by atoms with van der Waals surface area (Å²) in [6.45, 7) is 1.69. The molecule has 1 fully saturated rings. The molecule has 2 heterocycles. The third-order valence-corrected chi connectivity index (χ3v) is 3.53. The molecule has 0 radical (unpaired) electrons. The molecular formula is C14H14N6O. The maximum absolute atomic E-state index is 12.4. The van der Waals surface area contributed by atoms with Crippen molar-refractivity contribution in [1.29, 1.82) is 5.26 Å². The molecule has 0 bridgehead atoms. The number of carbonyl (C=O) groups is 1. The summed E-state index contributed by atoms with van der Waals surface area (Å²) < 4.78 is 1.71. The molecule has 1 aliphatic heterocycles. The highest BCUT2D eigenvalue weighted by atomic mass is 16.2. The average molecular weight is 282 g/mol. The Labute approximate surface area is 121 Å². The number of aromatic nitrogens is 3. The van der Waals surface area contributed by atoms with Gasteiger partial charge in [-0.1, -0.05) is 11.3 Å². The minimum Gasteiger partial charge on any atom is -0.312 e. The lowest BCUT2D eigenvalue weighted by Crippen LogP contribution is -2.43. The van der Waals surface area contributed by atoms with E-state index in [1.54, 1.807) is 42.2 Å². The van der Waals surface area contributed by atoms with Crippen LogP contribution in [0.3, 0.4) is 0 Å². The number of hydrogen-bond acceptors (Lipinski definition) is 5. The smallest absolute Gasteiger partial charge is 0.280 e. The van der Waals surface area contributed by atoms with Crippen molar-refractivity contribution in [3.8, 4) is 6.07 Å². The summed E-state index contributed by atoms with van der Waals surface area (Å²) in [5, 5.41) is 20.0. The number of benzene rings is 1. The summed E-state index contributed by atoms with van der Waals surface area (Å²) in [6, 6.07) is 9.21. The van der Waals surface area contributed by atoms with Crippen LogP contribution in [0.1, 0.15) is 22.1 Å².